The van der Waals surface area contributed by atoms with Crippen LogP contribution in [0.25, 0.3) is 33.9 Å². The number of nitrogens with zero attached hydrogens (tertiary/aromatic N) is 4. The Bertz CT molecular complexity index is 1480. The molecule has 37 heavy (non-hydrogen) atoms. The van der Waals surface area contributed by atoms with Crippen LogP contribution in [0.15, 0.2) is 91.5 Å². The number of hydrogen-bond donors (Lipinski definition) is 2. The first-order valence-corrected chi connectivity index (χ1v) is 11.2. The van der Waals surface area contributed by atoms with E-state index >= 15 is 0 Å². The summed E-state index contributed by atoms with van der Waals surface area (Å²) in [6, 6.07) is 21.9. The smallest absolute Gasteiger partial charge is 0.475 e. The molecule has 0 saturated carbocycles. The summed E-state index contributed by atoms with van der Waals surface area (Å²) >= 11 is 5.96. The molecule has 2 aromatic carbocycles. The number of H-pyrrole nitrogens is 1. The molecule has 0 aliphatic rings. The number of aromatic nitrogens is 5. The molecule has 3 aromatic heterocycles. The topological polar surface area (TPSA) is 96.7 Å². The van der Waals surface area contributed by atoms with Gasteiger partial charge >= 0.3 is 12.1 Å². The van der Waals surface area contributed by atoms with Crippen LogP contribution < -0.4 is 0 Å². The number of aromatic amines is 1. The molecular weight excluding hydrogens is 507 g/mol. The summed E-state index contributed by atoms with van der Waals surface area (Å²) in [6.07, 6.45) is 2.45. The zero-order valence-electron chi connectivity index (χ0n) is 19.0. The average molecular weight is 526 g/mol. The van der Waals surface area contributed by atoms with E-state index in [0.29, 0.717) is 6.54 Å². The van der Waals surface area contributed by atoms with Gasteiger partial charge in [0.25, 0.3) is 0 Å². The minimum Gasteiger partial charge on any atom is -0.475 e. The Hall–Kier alpha value is -4.44. The van der Waals surface area contributed by atoms with Gasteiger partial charge in [0.2, 0.25) is 0 Å². The van der Waals surface area contributed by atoms with E-state index in [0.717, 1.165) is 44.5 Å². The second-order valence-corrected chi connectivity index (χ2v) is 8.23. The van der Waals surface area contributed by atoms with E-state index in [1.54, 1.807) is 6.20 Å². The number of carboxylic acids is 1. The zero-order valence-corrected chi connectivity index (χ0v) is 19.8. The highest BCUT2D eigenvalue weighted by Crippen LogP contribution is 2.25. The Balaban J connectivity index is 0.000000405. The van der Waals surface area contributed by atoms with Gasteiger partial charge in [-0.05, 0) is 41.0 Å². The van der Waals surface area contributed by atoms with Gasteiger partial charge in [0.1, 0.15) is 5.69 Å². The predicted octanol–water partition coefficient (Wildman–Crippen LogP) is 6.34. The molecule has 0 saturated heterocycles. The van der Waals surface area contributed by atoms with Gasteiger partial charge in [0, 0.05) is 23.0 Å². The third kappa shape index (κ3) is 6.83. The Labute approximate surface area is 214 Å². The lowest BCUT2D eigenvalue weighted by atomic mass is 10.1. The summed E-state index contributed by atoms with van der Waals surface area (Å²) in [6.45, 7) is 0.688. The number of nitrogens with one attached hydrogen (secondary N) is 1. The number of rotatable bonds is 5. The van der Waals surface area contributed by atoms with E-state index in [1.807, 2.05) is 77.9 Å². The minimum atomic E-state index is -5.08. The minimum absolute atomic E-state index is 0.688. The lowest BCUT2D eigenvalue weighted by molar-refractivity contribution is -0.192. The number of imidazole rings is 1. The first kappa shape index (κ1) is 25.6. The van der Waals surface area contributed by atoms with Crippen LogP contribution in [0.2, 0.25) is 5.02 Å². The molecule has 0 unspecified atom stereocenters. The molecule has 2 N–H and O–H groups in total. The molecule has 11 heteroatoms. The maximum atomic E-state index is 10.6. The van der Waals surface area contributed by atoms with Gasteiger partial charge in [-0.25, -0.2) is 9.78 Å². The van der Waals surface area contributed by atoms with Crippen LogP contribution in [0.5, 0.6) is 0 Å². The zero-order chi connectivity index (χ0) is 26.4. The van der Waals surface area contributed by atoms with Crippen molar-refractivity contribution in [1.29, 1.82) is 0 Å². The SMILES string of the molecule is Clc1ccc(Cn2cc(-c3ccnc(-c4ncc(-c5ccccc5)[nH]4)c3)cn2)cc1.O=C(O)C(F)(F)F. The summed E-state index contributed by atoms with van der Waals surface area (Å²) in [5.74, 6) is -2.02. The highest BCUT2D eigenvalue weighted by atomic mass is 35.5. The normalized spacial score (nSPS) is 11.0. The van der Waals surface area contributed by atoms with E-state index in [-0.39, 0.29) is 0 Å². The Morgan fingerprint density at radius 3 is 2.32 bits per heavy atom. The molecule has 0 fully saturated rings. The van der Waals surface area contributed by atoms with Gasteiger partial charge in [0.15, 0.2) is 5.82 Å². The molecule has 7 nitrogen and oxygen atoms in total. The van der Waals surface area contributed by atoms with Crippen molar-refractivity contribution in [3.63, 3.8) is 0 Å². The van der Waals surface area contributed by atoms with Crippen molar-refractivity contribution in [2.24, 2.45) is 0 Å². The number of carbonyl (C=O) groups is 1. The monoisotopic (exact) mass is 525 g/mol. The number of halogens is 4. The van der Waals surface area contributed by atoms with Gasteiger partial charge in [-0.3, -0.25) is 9.67 Å². The summed E-state index contributed by atoms with van der Waals surface area (Å²) < 4.78 is 33.7. The Morgan fingerprint density at radius 2 is 1.65 bits per heavy atom. The van der Waals surface area contributed by atoms with Gasteiger partial charge in [-0.15, -0.1) is 0 Å². The molecule has 188 valence electrons. The Kier molecular flexibility index (Phi) is 7.69. The fourth-order valence-electron chi connectivity index (χ4n) is 3.33. The summed E-state index contributed by atoms with van der Waals surface area (Å²) in [4.78, 5) is 21.3. The highest BCUT2D eigenvalue weighted by molar-refractivity contribution is 6.30. The van der Waals surface area contributed by atoms with Crippen LogP contribution in [0.1, 0.15) is 5.56 Å². The van der Waals surface area contributed by atoms with Crippen LogP contribution in [0.3, 0.4) is 0 Å². The van der Waals surface area contributed by atoms with Gasteiger partial charge < -0.3 is 10.1 Å². The van der Waals surface area contributed by atoms with Gasteiger partial charge in [0.05, 0.1) is 24.6 Å². The third-order valence-corrected chi connectivity index (χ3v) is 5.38. The number of hydrogen-bond acceptors (Lipinski definition) is 4. The number of alkyl halides is 3. The maximum absolute atomic E-state index is 10.6. The largest absolute Gasteiger partial charge is 0.490 e. The van der Waals surface area contributed by atoms with Crippen molar-refractivity contribution < 1.29 is 23.1 Å². The maximum Gasteiger partial charge on any atom is 0.490 e. The van der Waals surface area contributed by atoms with E-state index in [2.05, 4.69) is 32.2 Å². The van der Waals surface area contributed by atoms with E-state index < -0.39 is 12.1 Å². The molecule has 0 radical (unpaired) electrons. The van der Waals surface area contributed by atoms with Crippen molar-refractivity contribution in [3.05, 3.63) is 102 Å². The Morgan fingerprint density at radius 1 is 0.946 bits per heavy atom. The standard InChI is InChI=1S/C24H18ClN5.C2HF3O2/c25-21-8-6-17(7-9-21)15-30-16-20(13-28-30)19-10-11-26-22(12-19)24-27-14-23(29-24)18-4-2-1-3-5-18;3-2(4,5)1(6)7/h1-14,16H,15H2,(H,27,29);(H,6,7). The lowest BCUT2D eigenvalue weighted by Crippen LogP contribution is -2.21. The number of pyridine rings is 1. The molecule has 0 aliphatic carbocycles. The van der Waals surface area contributed by atoms with Gasteiger partial charge in [-0.2, -0.15) is 18.3 Å². The van der Waals surface area contributed by atoms with Crippen LogP contribution in [-0.2, 0) is 11.3 Å². The fourth-order valence-corrected chi connectivity index (χ4v) is 3.46. The molecule has 0 spiro atoms. The van der Waals surface area contributed by atoms with E-state index in [4.69, 9.17) is 21.5 Å². The van der Waals surface area contributed by atoms with E-state index in [9.17, 15) is 13.2 Å². The first-order chi connectivity index (χ1) is 17.7. The van der Waals surface area contributed by atoms with Gasteiger partial charge in [-0.1, -0.05) is 54.1 Å². The average Bonchev–Trinajstić information content (AvgIpc) is 3.56. The summed E-state index contributed by atoms with van der Waals surface area (Å²) in [5.41, 5.74) is 6.07. The fraction of sp³-hybridized carbons (Fsp3) is 0.0769. The molecule has 0 aliphatic heterocycles. The van der Waals surface area contributed by atoms with Crippen molar-refractivity contribution in [3.8, 4) is 33.9 Å². The first-order valence-electron chi connectivity index (χ1n) is 10.8. The number of carboxylic acid groups (broad SMARTS) is 1. The molecule has 0 amide bonds. The highest BCUT2D eigenvalue weighted by Gasteiger charge is 2.38. The van der Waals surface area contributed by atoms with Crippen molar-refractivity contribution in [2.75, 3.05) is 0 Å². The molecule has 0 bridgehead atoms. The second-order valence-electron chi connectivity index (χ2n) is 7.80. The van der Waals surface area contributed by atoms with Crippen LogP contribution >= 0.6 is 11.6 Å². The predicted molar refractivity (Wildman–Crippen MR) is 133 cm³/mol. The molecule has 0 atom stereocenters. The quantitative estimate of drug-likeness (QED) is 0.279. The van der Waals surface area contributed by atoms with Crippen molar-refractivity contribution in [1.82, 2.24) is 24.7 Å². The number of benzene rings is 2. The summed E-state index contributed by atoms with van der Waals surface area (Å²) in [7, 11) is 0. The van der Waals surface area contributed by atoms with Crippen LogP contribution in [0, 0.1) is 0 Å². The third-order valence-electron chi connectivity index (χ3n) is 5.13. The molecule has 5 aromatic rings. The molecular formula is C26H19ClF3N5O2. The molecule has 3 heterocycles. The number of aliphatic carboxylic acids is 1. The molecule has 5 rings (SSSR count). The van der Waals surface area contributed by atoms with E-state index in [1.165, 1.54) is 0 Å². The lowest BCUT2D eigenvalue weighted by Gasteiger charge is -2.02. The van der Waals surface area contributed by atoms with Crippen molar-refractivity contribution >= 4 is 17.6 Å². The van der Waals surface area contributed by atoms with Crippen LogP contribution in [0.4, 0.5) is 13.2 Å². The second kappa shape index (κ2) is 11.1. The van der Waals surface area contributed by atoms with Crippen LogP contribution in [-0.4, -0.2) is 42.0 Å². The summed E-state index contributed by atoms with van der Waals surface area (Å²) in [5, 5.41) is 12.4. The van der Waals surface area contributed by atoms with Crippen molar-refractivity contribution in [2.45, 2.75) is 12.7 Å².